The molecule has 23 heavy (non-hydrogen) atoms. The number of rotatable bonds is 8. The van der Waals surface area contributed by atoms with Crippen LogP contribution in [0, 0.1) is 11.3 Å². The maximum absolute atomic E-state index is 9.98. The van der Waals surface area contributed by atoms with E-state index in [1.54, 1.807) is 24.5 Å². The highest BCUT2D eigenvalue weighted by atomic mass is 35.5. The number of benzene rings is 1. The van der Waals surface area contributed by atoms with Crippen molar-refractivity contribution in [3.63, 3.8) is 0 Å². The van der Waals surface area contributed by atoms with Crippen LogP contribution in [0.3, 0.4) is 0 Å². The van der Waals surface area contributed by atoms with E-state index in [9.17, 15) is 5.26 Å². The van der Waals surface area contributed by atoms with Crippen molar-refractivity contribution in [2.75, 3.05) is 0 Å². The maximum atomic E-state index is 9.98. The van der Waals surface area contributed by atoms with Crippen LogP contribution in [0.25, 0.3) is 0 Å². The Morgan fingerprint density at radius 1 is 1.35 bits per heavy atom. The monoisotopic (exact) mass is 347 g/mol. The molecule has 120 valence electrons. The number of imidazole rings is 1. The van der Waals surface area contributed by atoms with E-state index < -0.39 is 5.41 Å². The van der Waals surface area contributed by atoms with Crippen LogP contribution in [0.1, 0.15) is 37.1 Å². The number of nitrogens with zero attached hydrogens (tertiary/aromatic N) is 2. The van der Waals surface area contributed by atoms with Crippen LogP contribution >= 0.6 is 23.2 Å². The van der Waals surface area contributed by atoms with Gasteiger partial charge in [0.2, 0.25) is 0 Å². The van der Waals surface area contributed by atoms with Crippen LogP contribution < -0.4 is 0 Å². The van der Waals surface area contributed by atoms with Crippen molar-refractivity contribution >= 4 is 23.2 Å². The highest BCUT2D eigenvalue weighted by Crippen LogP contribution is 2.38. The molecule has 5 heteroatoms. The number of hydrogen-bond donors (Lipinski definition) is 1. The second-order valence-corrected chi connectivity index (χ2v) is 6.41. The summed E-state index contributed by atoms with van der Waals surface area (Å²) in [6.07, 6.45) is 9.41. The lowest BCUT2D eigenvalue weighted by molar-refractivity contribution is 0.463. The van der Waals surface area contributed by atoms with E-state index in [0.29, 0.717) is 22.9 Å². The molecule has 1 heterocycles. The number of allylic oxidation sites excluding steroid dienone is 1. The highest BCUT2D eigenvalue weighted by Gasteiger charge is 2.35. The molecule has 1 aromatic carbocycles. The number of nitrogens with one attached hydrogen (secondary N) is 1. The summed E-state index contributed by atoms with van der Waals surface area (Å²) in [7, 11) is 0. The molecule has 1 unspecified atom stereocenters. The standard InChI is InChI=1S/C18H19Cl2N3/c1-2-3-4-5-8-18(13-21,12-17-22-9-10-23-17)15-7-6-14(19)11-16(15)20/h2,6-7,9-11H,1,3-5,8,12H2,(H,22,23). The molecule has 2 aromatic rings. The van der Waals surface area contributed by atoms with Crippen molar-refractivity contribution in [1.82, 2.24) is 9.97 Å². The fraction of sp³-hybridized carbons (Fsp3) is 0.333. The van der Waals surface area contributed by atoms with Gasteiger partial charge >= 0.3 is 0 Å². The van der Waals surface area contributed by atoms with E-state index in [2.05, 4.69) is 22.6 Å². The Kier molecular flexibility index (Phi) is 6.27. The number of aromatic amines is 1. The zero-order valence-corrected chi connectivity index (χ0v) is 14.4. The molecule has 3 nitrogen and oxygen atoms in total. The summed E-state index contributed by atoms with van der Waals surface area (Å²) >= 11 is 12.4. The third-order valence-electron chi connectivity index (χ3n) is 3.95. The minimum absolute atomic E-state index is 0.492. The van der Waals surface area contributed by atoms with Gasteiger partial charge in [0.25, 0.3) is 0 Å². The quantitative estimate of drug-likeness (QED) is 0.508. The Bertz CT molecular complexity index is 689. The van der Waals surface area contributed by atoms with Crippen molar-refractivity contribution in [3.8, 4) is 6.07 Å². The van der Waals surface area contributed by atoms with Gasteiger partial charge in [-0.1, -0.05) is 41.8 Å². The molecule has 0 aliphatic carbocycles. The van der Waals surface area contributed by atoms with E-state index in [1.165, 1.54) is 0 Å². The van der Waals surface area contributed by atoms with Gasteiger partial charge in [-0.3, -0.25) is 0 Å². The SMILES string of the molecule is C=CCCCCC(C#N)(Cc1ncc[nH]1)c1ccc(Cl)cc1Cl. The van der Waals surface area contributed by atoms with Gasteiger partial charge in [-0.2, -0.15) is 5.26 Å². The molecule has 2 rings (SSSR count). The summed E-state index contributed by atoms with van der Waals surface area (Å²) in [5.41, 5.74) is 0.0850. The number of H-pyrrole nitrogens is 1. The van der Waals surface area contributed by atoms with Crippen molar-refractivity contribution in [1.29, 1.82) is 5.26 Å². The van der Waals surface area contributed by atoms with Crippen molar-refractivity contribution < 1.29 is 0 Å². The molecule has 0 bridgehead atoms. The van der Waals surface area contributed by atoms with Crippen molar-refractivity contribution in [2.24, 2.45) is 0 Å². The van der Waals surface area contributed by atoms with Gasteiger partial charge < -0.3 is 4.98 Å². The Balaban J connectivity index is 2.35. The van der Waals surface area contributed by atoms with Crippen LogP contribution in [0.2, 0.25) is 10.0 Å². The van der Waals surface area contributed by atoms with Crippen LogP contribution in [-0.4, -0.2) is 9.97 Å². The molecule has 0 radical (unpaired) electrons. The topological polar surface area (TPSA) is 52.5 Å². The Morgan fingerprint density at radius 2 is 2.17 bits per heavy atom. The van der Waals surface area contributed by atoms with Gasteiger partial charge in [0.15, 0.2) is 0 Å². The van der Waals surface area contributed by atoms with Gasteiger partial charge in [0, 0.05) is 28.9 Å². The normalized spacial score (nSPS) is 13.3. The molecule has 0 aliphatic heterocycles. The molecule has 1 N–H and O–H groups in total. The Morgan fingerprint density at radius 3 is 2.78 bits per heavy atom. The number of halogens is 2. The lowest BCUT2D eigenvalue weighted by Crippen LogP contribution is -2.28. The summed E-state index contributed by atoms with van der Waals surface area (Å²) in [6, 6.07) is 7.81. The summed E-state index contributed by atoms with van der Waals surface area (Å²) in [5, 5.41) is 11.1. The van der Waals surface area contributed by atoms with Crippen LogP contribution in [0.4, 0.5) is 0 Å². The minimum atomic E-state index is -0.722. The Labute approximate surface area is 147 Å². The first-order chi connectivity index (χ1) is 11.1. The predicted octanol–water partition coefficient (Wildman–Crippen LogP) is 5.47. The first-order valence-corrected chi connectivity index (χ1v) is 8.33. The average Bonchev–Trinajstić information content (AvgIpc) is 3.03. The molecule has 0 spiro atoms. The molecule has 0 fully saturated rings. The lowest BCUT2D eigenvalue weighted by Gasteiger charge is -2.27. The summed E-state index contributed by atoms with van der Waals surface area (Å²) in [4.78, 5) is 7.36. The second kappa shape index (κ2) is 8.19. The van der Waals surface area contributed by atoms with E-state index >= 15 is 0 Å². The Hall–Kier alpha value is -1.76. The molecule has 0 amide bonds. The molecule has 0 saturated heterocycles. The van der Waals surface area contributed by atoms with Crippen LogP contribution in [-0.2, 0) is 11.8 Å². The van der Waals surface area contributed by atoms with Crippen molar-refractivity contribution in [3.05, 3.63) is 64.7 Å². The maximum Gasteiger partial charge on any atom is 0.107 e. The second-order valence-electron chi connectivity index (χ2n) is 5.57. The van der Waals surface area contributed by atoms with E-state index in [1.807, 2.05) is 12.1 Å². The smallest absolute Gasteiger partial charge is 0.107 e. The van der Waals surface area contributed by atoms with E-state index in [0.717, 1.165) is 30.7 Å². The zero-order valence-electron chi connectivity index (χ0n) is 12.9. The van der Waals surface area contributed by atoms with E-state index in [4.69, 9.17) is 23.2 Å². The predicted molar refractivity (Wildman–Crippen MR) is 94.7 cm³/mol. The van der Waals surface area contributed by atoms with Crippen molar-refractivity contribution in [2.45, 2.75) is 37.5 Å². The number of aromatic nitrogens is 2. The zero-order chi connectivity index (χ0) is 16.7. The molecular weight excluding hydrogens is 329 g/mol. The average molecular weight is 348 g/mol. The molecule has 0 aliphatic rings. The molecular formula is C18H19Cl2N3. The fourth-order valence-corrected chi connectivity index (χ4v) is 3.34. The van der Waals surface area contributed by atoms with Gasteiger partial charge in [-0.25, -0.2) is 4.98 Å². The van der Waals surface area contributed by atoms with Gasteiger partial charge in [-0.05, 0) is 37.0 Å². The van der Waals surface area contributed by atoms with Crippen LogP contribution in [0.5, 0.6) is 0 Å². The largest absolute Gasteiger partial charge is 0.349 e. The third-order valence-corrected chi connectivity index (χ3v) is 4.49. The first kappa shape index (κ1) is 17.6. The molecule has 0 saturated carbocycles. The summed E-state index contributed by atoms with van der Waals surface area (Å²) < 4.78 is 0. The summed E-state index contributed by atoms with van der Waals surface area (Å²) in [6.45, 7) is 3.74. The van der Waals surface area contributed by atoms with Gasteiger partial charge in [0.05, 0.1) is 11.5 Å². The van der Waals surface area contributed by atoms with Crippen LogP contribution in [0.15, 0.2) is 43.2 Å². The highest BCUT2D eigenvalue weighted by molar-refractivity contribution is 6.35. The fourth-order valence-electron chi connectivity index (χ4n) is 2.75. The third kappa shape index (κ3) is 4.37. The number of unbranched alkanes of at least 4 members (excludes halogenated alkanes) is 2. The molecule has 1 atom stereocenters. The number of hydrogen-bond acceptors (Lipinski definition) is 2. The van der Waals surface area contributed by atoms with Gasteiger partial charge in [0.1, 0.15) is 5.82 Å². The number of nitriles is 1. The van der Waals surface area contributed by atoms with Gasteiger partial charge in [-0.15, -0.1) is 6.58 Å². The molecule has 1 aromatic heterocycles. The minimum Gasteiger partial charge on any atom is -0.349 e. The van der Waals surface area contributed by atoms with E-state index in [-0.39, 0.29) is 0 Å². The lowest BCUT2D eigenvalue weighted by atomic mass is 9.74. The first-order valence-electron chi connectivity index (χ1n) is 7.57. The summed E-state index contributed by atoms with van der Waals surface area (Å²) in [5.74, 6) is 0.779.